The number of hydrogen-bond donors (Lipinski definition) is 2. The molecule has 2 rings (SSSR count). The fraction of sp³-hybridized carbons (Fsp3) is 0.294. The lowest BCUT2D eigenvalue weighted by atomic mass is 9.81. The summed E-state index contributed by atoms with van der Waals surface area (Å²) in [6.07, 6.45) is 0. The molecule has 130 valence electrons. The molecule has 25 heavy (non-hydrogen) atoms. The summed E-state index contributed by atoms with van der Waals surface area (Å²) in [5.41, 5.74) is 1.85. The standard InChI is InChI=1S/C17H17N3O5/c1-10-14(9-18)16(12-4-3-5-13(8-12)20(23)24)15(11(2)19-10)17(22)25-7-6-21/h3-5,8,16,19,21H,6-7H2,1-2H3/t16-/m0/s1. The first-order valence-corrected chi connectivity index (χ1v) is 7.51. The van der Waals surface area contributed by atoms with Crippen LogP contribution in [0.4, 0.5) is 5.69 Å². The number of aliphatic hydroxyl groups excluding tert-OH is 1. The molecule has 8 nitrogen and oxygen atoms in total. The number of carbonyl (C=O) groups excluding carboxylic acids is 1. The molecule has 0 fully saturated rings. The molecule has 8 heteroatoms. The lowest BCUT2D eigenvalue weighted by Gasteiger charge is -2.28. The zero-order valence-corrected chi connectivity index (χ0v) is 13.8. The van der Waals surface area contributed by atoms with Crippen molar-refractivity contribution in [3.63, 3.8) is 0 Å². The van der Waals surface area contributed by atoms with Crippen LogP contribution in [0.3, 0.4) is 0 Å². The number of nitrogens with zero attached hydrogens (tertiary/aromatic N) is 2. The zero-order valence-electron chi connectivity index (χ0n) is 13.8. The monoisotopic (exact) mass is 343 g/mol. The van der Waals surface area contributed by atoms with Crippen molar-refractivity contribution >= 4 is 11.7 Å². The fourth-order valence-electron chi connectivity index (χ4n) is 2.78. The number of nitro groups is 1. The van der Waals surface area contributed by atoms with Crippen molar-refractivity contribution in [2.75, 3.05) is 13.2 Å². The largest absolute Gasteiger partial charge is 0.460 e. The molecule has 0 radical (unpaired) electrons. The van der Waals surface area contributed by atoms with Crippen LogP contribution < -0.4 is 5.32 Å². The predicted molar refractivity (Wildman–Crippen MR) is 88.0 cm³/mol. The molecule has 0 spiro atoms. The van der Waals surface area contributed by atoms with Crippen LogP contribution in [0.25, 0.3) is 0 Å². The second-order valence-electron chi connectivity index (χ2n) is 5.46. The number of nitro benzene ring substituents is 1. The number of non-ortho nitro benzene ring substituents is 1. The number of aliphatic hydroxyl groups is 1. The molecule has 0 aromatic heterocycles. The van der Waals surface area contributed by atoms with Crippen molar-refractivity contribution in [2.45, 2.75) is 19.8 Å². The van der Waals surface area contributed by atoms with Gasteiger partial charge in [0.25, 0.3) is 5.69 Å². The third kappa shape index (κ3) is 3.67. The van der Waals surface area contributed by atoms with Gasteiger partial charge in [-0.15, -0.1) is 0 Å². The molecule has 1 aromatic carbocycles. The maximum absolute atomic E-state index is 12.4. The van der Waals surface area contributed by atoms with Gasteiger partial charge < -0.3 is 15.2 Å². The number of nitrogens with one attached hydrogen (secondary N) is 1. The minimum absolute atomic E-state index is 0.133. The Bertz CT molecular complexity index is 820. The second-order valence-corrected chi connectivity index (χ2v) is 5.46. The van der Waals surface area contributed by atoms with Gasteiger partial charge in [0.1, 0.15) is 6.61 Å². The van der Waals surface area contributed by atoms with Crippen LogP contribution in [0.2, 0.25) is 0 Å². The number of carbonyl (C=O) groups is 1. The molecule has 0 amide bonds. The number of esters is 1. The normalized spacial score (nSPS) is 17.0. The van der Waals surface area contributed by atoms with Crippen molar-refractivity contribution in [1.29, 1.82) is 5.26 Å². The Balaban J connectivity index is 2.59. The number of rotatable bonds is 5. The molecule has 0 saturated heterocycles. The number of hydrogen-bond acceptors (Lipinski definition) is 7. The summed E-state index contributed by atoms with van der Waals surface area (Å²) in [5.74, 6) is -1.46. The number of dihydropyridines is 1. The van der Waals surface area contributed by atoms with E-state index >= 15 is 0 Å². The highest BCUT2D eigenvalue weighted by molar-refractivity contribution is 5.93. The van der Waals surface area contributed by atoms with Crippen LogP contribution in [-0.2, 0) is 9.53 Å². The van der Waals surface area contributed by atoms with Crippen molar-refractivity contribution in [3.8, 4) is 6.07 Å². The first-order chi connectivity index (χ1) is 11.9. The molecule has 0 bridgehead atoms. The SMILES string of the molecule is CC1=C(C#N)[C@H](c2cccc([N+](=O)[O-])c2)C(C(=O)OCCO)=C(C)N1. The molecule has 0 unspecified atom stereocenters. The maximum Gasteiger partial charge on any atom is 0.336 e. The average Bonchev–Trinajstić information content (AvgIpc) is 2.59. The summed E-state index contributed by atoms with van der Waals surface area (Å²) in [6.45, 7) is 2.86. The molecule has 1 aliphatic heterocycles. The van der Waals surface area contributed by atoms with Crippen LogP contribution >= 0.6 is 0 Å². The van der Waals surface area contributed by atoms with Gasteiger partial charge in [0, 0.05) is 23.5 Å². The molecular weight excluding hydrogens is 326 g/mol. The van der Waals surface area contributed by atoms with Crippen LogP contribution in [0.1, 0.15) is 25.3 Å². The smallest absolute Gasteiger partial charge is 0.336 e. The minimum atomic E-state index is -0.780. The van der Waals surface area contributed by atoms with E-state index in [-0.39, 0.29) is 30.0 Å². The van der Waals surface area contributed by atoms with Gasteiger partial charge in [-0.25, -0.2) is 4.79 Å². The number of allylic oxidation sites excluding steroid dienone is 3. The van der Waals surface area contributed by atoms with Gasteiger partial charge in [-0.3, -0.25) is 10.1 Å². The molecular formula is C17H17N3O5. The molecule has 1 aromatic rings. The topological polar surface area (TPSA) is 125 Å². The van der Waals surface area contributed by atoms with Crippen LogP contribution in [-0.4, -0.2) is 29.2 Å². The first-order valence-electron chi connectivity index (χ1n) is 7.51. The summed E-state index contributed by atoms with van der Waals surface area (Å²) >= 11 is 0. The summed E-state index contributed by atoms with van der Waals surface area (Å²) in [7, 11) is 0. The van der Waals surface area contributed by atoms with E-state index in [2.05, 4.69) is 11.4 Å². The Labute approximate surface area is 144 Å². The number of ether oxygens (including phenoxy) is 1. The van der Waals surface area contributed by atoms with Crippen molar-refractivity contribution in [3.05, 3.63) is 62.5 Å². The Morgan fingerprint density at radius 2 is 2.16 bits per heavy atom. The van der Waals surface area contributed by atoms with E-state index in [1.54, 1.807) is 19.9 Å². The van der Waals surface area contributed by atoms with Crippen LogP contribution in [0.5, 0.6) is 0 Å². The average molecular weight is 343 g/mol. The second kappa shape index (κ2) is 7.59. The van der Waals surface area contributed by atoms with Crippen LogP contribution in [0, 0.1) is 21.4 Å². The molecule has 2 N–H and O–H groups in total. The summed E-state index contributed by atoms with van der Waals surface area (Å²) in [4.78, 5) is 23.0. The van der Waals surface area contributed by atoms with Gasteiger partial charge in [0.05, 0.1) is 34.7 Å². The molecule has 0 aliphatic carbocycles. The van der Waals surface area contributed by atoms with Gasteiger partial charge in [-0.05, 0) is 19.4 Å². The van der Waals surface area contributed by atoms with E-state index in [9.17, 15) is 20.2 Å². The summed E-state index contributed by atoms with van der Waals surface area (Å²) in [5, 5.41) is 32.4. The van der Waals surface area contributed by atoms with Gasteiger partial charge >= 0.3 is 5.97 Å². The lowest BCUT2D eigenvalue weighted by molar-refractivity contribution is -0.384. The highest BCUT2D eigenvalue weighted by Gasteiger charge is 2.34. The Kier molecular flexibility index (Phi) is 5.52. The van der Waals surface area contributed by atoms with Crippen molar-refractivity contribution < 1.29 is 19.6 Å². The number of nitriles is 1. The van der Waals surface area contributed by atoms with Crippen molar-refractivity contribution in [1.82, 2.24) is 5.32 Å². The zero-order chi connectivity index (χ0) is 18.6. The maximum atomic E-state index is 12.4. The third-order valence-electron chi connectivity index (χ3n) is 3.84. The minimum Gasteiger partial charge on any atom is -0.460 e. The fourth-order valence-corrected chi connectivity index (χ4v) is 2.78. The van der Waals surface area contributed by atoms with E-state index in [1.165, 1.54) is 18.2 Å². The van der Waals surface area contributed by atoms with E-state index in [1.807, 2.05) is 0 Å². The van der Waals surface area contributed by atoms with Gasteiger partial charge in [0.15, 0.2) is 0 Å². The quantitative estimate of drug-likeness (QED) is 0.475. The summed E-state index contributed by atoms with van der Waals surface area (Å²) in [6, 6.07) is 7.88. The molecule has 1 aliphatic rings. The molecule has 1 atom stereocenters. The highest BCUT2D eigenvalue weighted by atomic mass is 16.6. The summed E-state index contributed by atoms with van der Waals surface area (Å²) < 4.78 is 5.01. The van der Waals surface area contributed by atoms with E-state index in [0.717, 1.165) is 0 Å². The molecule has 0 saturated carbocycles. The number of benzene rings is 1. The van der Waals surface area contributed by atoms with Crippen molar-refractivity contribution in [2.24, 2.45) is 0 Å². The van der Waals surface area contributed by atoms with Gasteiger partial charge in [-0.1, -0.05) is 12.1 Å². The van der Waals surface area contributed by atoms with Crippen LogP contribution in [0.15, 0.2) is 46.8 Å². The van der Waals surface area contributed by atoms with Gasteiger partial charge in [-0.2, -0.15) is 5.26 Å². The Hall–Kier alpha value is -3.18. The Morgan fingerprint density at radius 1 is 1.44 bits per heavy atom. The van der Waals surface area contributed by atoms with E-state index in [0.29, 0.717) is 17.0 Å². The van der Waals surface area contributed by atoms with E-state index < -0.39 is 16.8 Å². The Morgan fingerprint density at radius 3 is 2.76 bits per heavy atom. The molecule has 1 heterocycles. The van der Waals surface area contributed by atoms with Gasteiger partial charge in [0.2, 0.25) is 0 Å². The predicted octanol–water partition coefficient (Wildman–Crippen LogP) is 1.89. The highest BCUT2D eigenvalue weighted by Crippen LogP contribution is 2.39. The lowest BCUT2D eigenvalue weighted by Crippen LogP contribution is -2.29. The third-order valence-corrected chi connectivity index (χ3v) is 3.84. The first kappa shape index (κ1) is 18.2. The van der Waals surface area contributed by atoms with E-state index in [4.69, 9.17) is 9.84 Å².